The van der Waals surface area contributed by atoms with E-state index in [0.29, 0.717) is 0 Å². The van der Waals surface area contributed by atoms with Crippen LogP contribution in [-0.4, -0.2) is 78.1 Å². The molecule has 8 heteroatoms. The molecular weight excluding hydrogens is 429 g/mol. The minimum atomic E-state index is 0. The van der Waals surface area contributed by atoms with Crippen LogP contribution in [0.15, 0.2) is 23.5 Å². The van der Waals surface area contributed by atoms with Gasteiger partial charge in [-0.15, -0.1) is 24.0 Å². The van der Waals surface area contributed by atoms with Crippen molar-refractivity contribution in [1.29, 1.82) is 0 Å². The Morgan fingerprint density at radius 1 is 1.12 bits per heavy atom. The summed E-state index contributed by atoms with van der Waals surface area (Å²) in [6.07, 6.45) is 6.04. The molecule has 2 N–H and O–H groups in total. The van der Waals surface area contributed by atoms with E-state index in [1.807, 2.05) is 6.07 Å². The summed E-state index contributed by atoms with van der Waals surface area (Å²) >= 11 is 0. The third kappa shape index (κ3) is 5.95. The summed E-state index contributed by atoms with van der Waals surface area (Å²) in [4.78, 5) is 20.1. The Kier molecular flexibility index (Phi) is 8.14. The van der Waals surface area contributed by atoms with Crippen molar-refractivity contribution in [3.63, 3.8) is 0 Å². The predicted octanol–water partition coefficient (Wildman–Crippen LogP) is 1.26. The number of anilines is 1. The number of hydrogen-bond donors (Lipinski definition) is 1. The fraction of sp³-hybridized carbons (Fsp3) is 0.706. The maximum atomic E-state index is 6.14. The lowest BCUT2D eigenvalue weighted by Gasteiger charge is -2.34. The van der Waals surface area contributed by atoms with Gasteiger partial charge in [0.05, 0.1) is 6.54 Å². The van der Waals surface area contributed by atoms with E-state index in [2.05, 4.69) is 36.6 Å². The lowest BCUT2D eigenvalue weighted by Crippen LogP contribution is -2.48. The maximum Gasteiger partial charge on any atom is 0.225 e. The Morgan fingerprint density at radius 2 is 1.76 bits per heavy atom. The van der Waals surface area contributed by atoms with Gasteiger partial charge in [0.15, 0.2) is 5.96 Å². The Hall–Kier alpha value is -1.16. The average molecular weight is 459 g/mol. The second kappa shape index (κ2) is 10.1. The largest absolute Gasteiger partial charge is 0.370 e. The van der Waals surface area contributed by atoms with E-state index in [1.54, 1.807) is 12.4 Å². The molecule has 0 radical (unpaired) electrons. The van der Waals surface area contributed by atoms with Crippen LogP contribution >= 0.6 is 24.0 Å². The molecule has 140 valence electrons. The van der Waals surface area contributed by atoms with Crippen molar-refractivity contribution in [2.45, 2.75) is 19.8 Å². The summed E-state index contributed by atoms with van der Waals surface area (Å²) < 4.78 is 0. The lowest BCUT2D eigenvalue weighted by atomic mass is 10.00. The zero-order chi connectivity index (χ0) is 16.8. The fourth-order valence-electron chi connectivity index (χ4n) is 3.27. The molecule has 2 aliphatic rings. The summed E-state index contributed by atoms with van der Waals surface area (Å²) in [6.45, 7) is 10.1. The Labute approximate surface area is 167 Å². The monoisotopic (exact) mass is 459 g/mol. The van der Waals surface area contributed by atoms with Crippen molar-refractivity contribution in [3.05, 3.63) is 18.5 Å². The molecular formula is C17H30IN7. The van der Waals surface area contributed by atoms with Gasteiger partial charge in [0.25, 0.3) is 0 Å². The van der Waals surface area contributed by atoms with E-state index in [1.165, 1.54) is 12.8 Å². The van der Waals surface area contributed by atoms with Crippen LogP contribution in [0.3, 0.4) is 0 Å². The first kappa shape index (κ1) is 20.2. The predicted molar refractivity (Wildman–Crippen MR) is 113 cm³/mol. The van der Waals surface area contributed by atoms with Gasteiger partial charge in [0.2, 0.25) is 5.95 Å². The fourth-order valence-corrected chi connectivity index (χ4v) is 3.27. The van der Waals surface area contributed by atoms with Crippen molar-refractivity contribution in [2.75, 3.05) is 57.3 Å². The normalized spacial score (nSPS) is 20.4. The van der Waals surface area contributed by atoms with Gasteiger partial charge in [0, 0.05) is 58.2 Å². The highest BCUT2D eigenvalue weighted by molar-refractivity contribution is 14.0. The second-order valence-electron chi connectivity index (χ2n) is 6.79. The number of likely N-dealkylation sites (tertiary alicyclic amines) is 1. The summed E-state index contributed by atoms with van der Waals surface area (Å²) in [5.74, 6) is 2.37. The van der Waals surface area contributed by atoms with Gasteiger partial charge in [-0.25, -0.2) is 9.97 Å². The summed E-state index contributed by atoms with van der Waals surface area (Å²) in [6, 6.07) is 1.85. The number of nitrogens with zero attached hydrogens (tertiary/aromatic N) is 6. The van der Waals surface area contributed by atoms with E-state index < -0.39 is 0 Å². The molecule has 0 saturated carbocycles. The summed E-state index contributed by atoms with van der Waals surface area (Å²) in [5.41, 5.74) is 6.14. The van der Waals surface area contributed by atoms with Crippen LogP contribution in [0, 0.1) is 5.92 Å². The number of piperidine rings is 1. The van der Waals surface area contributed by atoms with Crippen molar-refractivity contribution in [3.8, 4) is 0 Å². The number of piperazine rings is 1. The van der Waals surface area contributed by atoms with Crippen LogP contribution in [0.25, 0.3) is 0 Å². The molecule has 3 heterocycles. The van der Waals surface area contributed by atoms with E-state index >= 15 is 0 Å². The van der Waals surface area contributed by atoms with Crippen molar-refractivity contribution >= 4 is 35.9 Å². The first-order chi connectivity index (χ1) is 11.7. The number of halogens is 1. The van der Waals surface area contributed by atoms with E-state index in [0.717, 1.165) is 70.2 Å². The SMILES string of the molecule is CC1CCN(C(N)=NCCN2CCN(c3ncccn3)CC2)CC1.I. The number of aromatic nitrogens is 2. The third-order valence-corrected chi connectivity index (χ3v) is 5.00. The van der Waals surface area contributed by atoms with Gasteiger partial charge in [-0.3, -0.25) is 9.89 Å². The molecule has 0 spiro atoms. The van der Waals surface area contributed by atoms with Crippen LogP contribution in [0.4, 0.5) is 5.95 Å². The van der Waals surface area contributed by atoms with Crippen LogP contribution < -0.4 is 10.6 Å². The van der Waals surface area contributed by atoms with Crippen LogP contribution in [-0.2, 0) is 0 Å². The van der Waals surface area contributed by atoms with E-state index in [-0.39, 0.29) is 24.0 Å². The lowest BCUT2D eigenvalue weighted by molar-refractivity contribution is 0.260. The zero-order valence-corrected chi connectivity index (χ0v) is 17.4. The minimum absolute atomic E-state index is 0. The number of hydrogen-bond acceptors (Lipinski definition) is 5. The highest BCUT2D eigenvalue weighted by atomic mass is 127. The van der Waals surface area contributed by atoms with Crippen LogP contribution in [0.2, 0.25) is 0 Å². The molecule has 0 unspecified atom stereocenters. The van der Waals surface area contributed by atoms with Gasteiger partial charge < -0.3 is 15.5 Å². The molecule has 0 aromatic carbocycles. The first-order valence-corrected chi connectivity index (χ1v) is 9.01. The molecule has 0 amide bonds. The molecule has 25 heavy (non-hydrogen) atoms. The Balaban J connectivity index is 0.00000225. The number of aliphatic imine (C=N–C) groups is 1. The highest BCUT2D eigenvalue weighted by Gasteiger charge is 2.19. The van der Waals surface area contributed by atoms with Gasteiger partial charge in [0.1, 0.15) is 0 Å². The van der Waals surface area contributed by atoms with E-state index in [9.17, 15) is 0 Å². The number of guanidine groups is 1. The van der Waals surface area contributed by atoms with Gasteiger partial charge in [-0.05, 0) is 24.8 Å². The third-order valence-electron chi connectivity index (χ3n) is 5.00. The number of rotatable bonds is 4. The molecule has 0 aliphatic carbocycles. The number of nitrogens with two attached hydrogens (primary N) is 1. The average Bonchev–Trinajstić information content (AvgIpc) is 2.63. The molecule has 2 aliphatic heterocycles. The summed E-state index contributed by atoms with van der Waals surface area (Å²) in [7, 11) is 0. The molecule has 7 nitrogen and oxygen atoms in total. The molecule has 2 fully saturated rings. The van der Waals surface area contributed by atoms with Crippen LogP contribution in [0.1, 0.15) is 19.8 Å². The second-order valence-corrected chi connectivity index (χ2v) is 6.79. The zero-order valence-electron chi connectivity index (χ0n) is 15.0. The maximum absolute atomic E-state index is 6.14. The molecule has 0 bridgehead atoms. The Bertz CT molecular complexity index is 523. The van der Waals surface area contributed by atoms with Crippen LogP contribution in [0.5, 0.6) is 0 Å². The van der Waals surface area contributed by atoms with Crippen molar-refractivity contribution in [2.24, 2.45) is 16.6 Å². The van der Waals surface area contributed by atoms with E-state index in [4.69, 9.17) is 5.73 Å². The topological polar surface area (TPSA) is 73.9 Å². The van der Waals surface area contributed by atoms with Gasteiger partial charge in [-0.1, -0.05) is 6.92 Å². The Morgan fingerprint density at radius 3 is 2.40 bits per heavy atom. The molecule has 1 aromatic heterocycles. The standard InChI is InChI=1S/C17H29N7.HI/c1-15-3-8-23(9-4-15)16(18)19-7-10-22-11-13-24(14-12-22)17-20-5-2-6-21-17;/h2,5-6,15H,3-4,7-14H2,1H3,(H2,18,19);1H. The molecule has 0 atom stereocenters. The van der Waals surface area contributed by atoms with Gasteiger partial charge in [-0.2, -0.15) is 0 Å². The van der Waals surface area contributed by atoms with Gasteiger partial charge >= 0.3 is 0 Å². The minimum Gasteiger partial charge on any atom is -0.370 e. The smallest absolute Gasteiger partial charge is 0.225 e. The molecule has 1 aromatic rings. The summed E-state index contributed by atoms with van der Waals surface area (Å²) in [5, 5.41) is 0. The molecule has 3 rings (SSSR count). The molecule has 2 saturated heterocycles. The van der Waals surface area contributed by atoms with Crippen molar-refractivity contribution in [1.82, 2.24) is 19.8 Å². The first-order valence-electron chi connectivity index (χ1n) is 9.01. The highest BCUT2D eigenvalue weighted by Crippen LogP contribution is 2.15. The van der Waals surface area contributed by atoms with Crippen molar-refractivity contribution < 1.29 is 0 Å². The quantitative estimate of drug-likeness (QED) is 0.415.